The first-order valence-electron chi connectivity index (χ1n) is 15.6. The smallest absolute Gasteiger partial charge is 0.332 e. The third kappa shape index (κ3) is 6.40. The molecule has 14 heteroatoms. The van der Waals surface area contributed by atoms with Crippen LogP contribution in [-0.4, -0.2) is 85.5 Å². The molecule has 0 atom stereocenters. The van der Waals surface area contributed by atoms with Gasteiger partial charge >= 0.3 is 12.0 Å². The van der Waals surface area contributed by atoms with E-state index in [1.54, 1.807) is 63.8 Å². The average Bonchev–Trinajstić information content (AvgIpc) is 3.70. The van der Waals surface area contributed by atoms with Crippen LogP contribution in [0.2, 0.25) is 5.02 Å². The molecule has 1 saturated carbocycles. The number of carbonyl (C=O) groups is 4. The highest BCUT2D eigenvalue weighted by Crippen LogP contribution is 2.52. The highest BCUT2D eigenvalue weighted by molar-refractivity contribution is 6.30. The Morgan fingerprint density at radius 1 is 1.02 bits per heavy atom. The number of benzene rings is 1. The zero-order chi connectivity index (χ0) is 33.9. The van der Waals surface area contributed by atoms with E-state index in [1.807, 2.05) is 0 Å². The lowest BCUT2D eigenvalue weighted by atomic mass is 9.97. The molecular weight excluding hydrogens is 626 g/mol. The average molecular weight is 664 g/mol. The van der Waals surface area contributed by atoms with E-state index in [0.717, 1.165) is 18.4 Å². The van der Waals surface area contributed by atoms with E-state index in [1.165, 1.54) is 26.6 Å². The second-order valence-corrected chi connectivity index (χ2v) is 14.5. The zero-order valence-electron chi connectivity index (χ0n) is 27.1. The molecule has 4 amide bonds. The molecule has 1 spiro atoms. The van der Waals surface area contributed by atoms with Crippen molar-refractivity contribution in [3.63, 3.8) is 0 Å². The Morgan fingerprint density at radius 2 is 1.70 bits per heavy atom. The Hall–Kier alpha value is -4.52. The van der Waals surface area contributed by atoms with Gasteiger partial charge in [0.25, 0.3) is 11.5 Å². The van der Waals surface area contributed by atoms with E-state index >= 15 is 0 Å². The lowest BCUT2D eigenvalue weighted by Crippen LogP contribution is -2.54. The molecule has 3 aliphatic rings. The summed E-state index contributed by atoms with van der Waals surface area (Å²) < 4.78 is 6.74. The molecule has 1 N–H and O–H groups in total. The van der Waals surface area contributed by atoms with Gasteiger partial charge in [0.05, 0.1) is 6.20 Å². The summed E-state index contributed by atoms with van der Waals surface area (Å²) >= 11 is 5.97. The summed E-state index contributed by atoms with van der Waals surface area (Å²) in [6.07, 6.45) is 3.55. The summed E-state index contributed by atoms with van der Waals surface area (Å²) in [6, 6.07) is 7.79. The van der Waals surface area contributed by atoms with Gasteiger partial charge in [0.15, 0.2) is 11.5 Å². The van der Waals surface area contributed by atoms with E-state index in [2.05, 4.69) is 15.3 Å². The van der Waals surface area contributed by atoms with Gasteiger partial charge in [-0.3, -0.25) is 23.9 Å². The molecule has 4 heterocycles. The van der Waals surface area contributed by atoms with Crippen LogP contribution in [0.25, 0.3) is 11.2 Å². The van der Waals surface area contributed by atoms with E-state index in [0.29, 0.717) is 18.1 Å². The maximum absolute atomic E-state index is 13.7. The van der Waals surface area contributed by atoms with E-state index < -0.39 is 34.6 Å². The number of aromatic nitrogens is 3. The van der Waals surface area contributed by atoms with Crippen LogP contribution in [0.5, 0.6) is 0 Å². The molecule has 6 rings (SSSR count). The van der Waals surface area contributed by atoms with Gasteiger partial charge in [0.2, 0.25) is 5.91 Å². The molecule has 2 aromatic heterocycles. The van der Waals surface area contributed by atoms with Crippen LogP contribution in [0.4, 0.5) is 10.6 Å². The molecule has 248 valence electrons. The maximum atomic E-state index is 13.7. The van der Waals surface area contributed by atoms with Gasteiger partial charge in [-0.15, -0.1) is 0 Å². The topological polar surface area (TPSA) is 147 Å². The van der Waals surface area contributed by atoms with Gasteiger partial charge in [0, 0.05) is 43.2 Å². The molecule has 0 bridgehead atoms. The van der Waals surface area contributed by atoms with Crippen molar-refractivity contribution in [1.82, 2.24) is 29.7 Å². The molecule has 13 nitrogen and oxygen atoms in total. The number of carbonyl (C=O) groups excluding carboxylic acids is 4. The van der Waals surface area contributed by atoms with Gasteiger partial charge in [-0.2, -0.15) is 0 Å². The van der Waals surface area contributed by atoms with Crippen molar-refractivity contribution >= 4 is 52.4 Å². The number of nitrogens with one attached hydrogen (secondary N) is 1. The normalized spacial score (nSPS) is 17.2. The summed E-state index contributed by atoms with van der Waals surface area (Å²) in [7, 11) is 0. The number of ether oxygens (including phenoxy) is 1. The van der Waals surface area contributed by atoms with Crippen molar-refractivity contribution in [2.24, 2.45) is 5.41 Å². The summed E-state index contributed by atoms with van der Waals surface area (Å²) in [5, 5.41) is 3.31. The number of urea groups is 1. The third-order valence-corrected chi connectivity index (χ3v) is 9.16. The van der Waals surface area contributed by atoms with E-state index in [4.69, 9.17) is 16.3 Å². The quantitative estimate of drug-likeness (QED) is 0.361. The number of halogens is 1. The monoisotopic (exact) mass is 663 g/mol. The summed E-state index contributed by atoms with van der Waals surface area (Å²) in [6.45, 7) is 10.1. The lowest BCUT2D eigenvalue weighted by molar-refractivity contribution is -0.165. The Morgan fingerprint density at radius 3 is 2.34 bits per heavy atom. The highest BCUT2D eigenvalue weighted by atomic mass is 35.5. The van der Waals surface area contributed by atoms with Crippen molar-refractivity contribution < 1.29 is 23.9 Å². The van der Waals surface area contributed by atoms with Gasteiger partial charge in [0.1, 0.15) is 28.8 Å². The van der Waals surface area contributed by atoms with Crippen LogP contribution < -0.4 is 15.8 Å². The van der Waals surface area contributed by atoms with Crippen LogP contribution in [0.1, 0.15) is 63.4 Å². The van der Waals surface area contributed by atoms with Crippen LogP contribution in [-0.2, 0) is 27.4 Å². The minimum absolute atomic E-state index is 0.112. The van der Waals surface area contributed by atoms with Crippen LogP contribution in [0.3, 0.4) is 0 Å². The molecule has 1 aromatic carbocycles. The first kappa shape index (κ1) is 32.4. The number of hydrogen-bond acceptors (Lipinski definition) is 8. The summed E-state index contributed by atoms with van der Waals surface area (Å²) in [5.74, 6) is -1.26. The number of rotatable bonds is 8. The SMILES string of the molecule is CC(C)(C)OC(=O)C(C)(C)N1CCN(c2cnc3c(cc(C(=O)NCc4ccc(Cl)cc4)c(=O)n3CC(=O)N3CC4(CC4)C3)n2)C1=O. The van der Waals surface area contributed by atoms with Crippen LogP contribution in [0.15, 0.2) is 41.3 Å². The van der Waals surface area contributed by atoms with Crippen molar-refractivity contribution in [3.05, 3.63) is 63.0 Å². The fraction of sp³-hybridized carbons (Fsp3) is 0.485. The molecule has 2 saturated heterocycles. The zero-order valence-corrected chi connectivity index (χ0v) is 27.9. The van der Waals surface area contributed by atoms with Crippen molar-refractivity contribution in [2.45, 2.75) is 71.7 Å². The molecule has 47 heavy (non-hydrogen) atoms. The second-order valence-electron chi connectivity index (χ2n) is 14.1. The number of amides is 4. The van der Waals surface area contributed by atoms with E-state index in [9.17, 15) is 24.0 Å². The number of hydrogen-bond donors (Lipinski definition) is 1. The second kappa shape index (κ2) is 11.6. The number of nitrogens with zero attached hydrogens (tertiary/aromatic N) is 6. The standard InChI is InChI=1S/C33H38ClN7O6/c1-31(2,3)47-29(45)32(4,5)41-13-12-39(30(41)46)24-16-35-26-23(37-24)14-22(27(43)36-15-20-6-8-21(34)9-7-20)28(44)40(26)17-25(42)38-18-33(19-38)10-11-33/h6-9,14,16H,10-13,15,17-19H2,1-5H3,(H,36,43). The van der Waals surface area contributed by atoms with Gasteiger partial charge < -0.3 is 19.9 Å². The van der Waals surface area contributed by atoms with Crippen molar-refractivity contribution in [2.75, 3.05) is 31.1 Å². The Labute approximate surface area is 276 Å². The first-order chi connectivity index (χ1) is 22.1. The number of fused-ring (bicyclic) bond motifs is 1. The van der Waals surface area contributed by atoms with Gasteiger partial charge in [-0.05, 0) is 71.2 Å². The molecule has 3 fully saturated rings. The van der Waals surface area contributed by atoms with Gasteiger partial charge in [-0.1, -0.05) is 23.7 Å². The van der Waals surface area contributed by atoms with Crippen LogP contribution >= 0.6 is 11.6 Å². The molecular formula is C33H38ClN7O6. The molecule has 1 aliphatic carbocycles. The largest absolute Gasteiger partial charge is 0.458 e. The molecule has 0 unspecified atom stereocenters. The lowest BCUT2D eigenvalue weighted by Gasteiger charge is -2.40. The first-order valence-corrected chi connectivity index (χ1v) is 16.0. The number of anilines is 1. The minimum atomic E-state index is -1.25. The Balaban J connectivity index is 1.30. The van der Waals surface area contributed by atoms with Crippen molar-refractivity contribution in [1.29, 1.82) is 0 Å². The fourth-order valence-corrected chi connectivity index (χ4v) is 6.03. The molecule has 3 aromatic rings. The molecule has 2 aliphatic heterocycles. The minimum Gasteiger partial charge on any atom is -0.458 e. The van der Waals surface area contributed by atoms with Crippen molar-refractivity contribution in [3.8, 4) is 0 Å². The maximum Gasteiger partial charge on any atom is 0.332 e. The predicted molar refractivity (Wildman–Crippen MR) is 174 cm³/mol. The van der Waals surface area contributed by atoms with Gasteiger partial charge in [-0.25, -0.2) is 19.6 Å². The third-order valence-electron chi connectivity index (χ3n) is 8.90. The number of likely N-dealkylation sites (tertiary alicyclic amines) is 1. The Bertz CT molecular complexity index is 1840. The number of pyridine rings is 1. The van der Waals surface area contributed by atoms with E-state index in [-0.39, 0.29) is 60.0 Å². The number of esters is 1. The Kier molecular flexibility index (Phi) is 8.02. The van der Waals surface area contributed by atoms with Crippen LogP contribution in [0, 0.1) is 5.41 Å². The molecule has 0 radical (unpaired) electrons. The fourth-order valence-electron chi connectivity index (χ4n) is 5.90. The predicted octanol–water partition coefficient (Wildman–Crippen LogP) is 3.36. The summed E-state index contributed by atoms with van der Waals surface area (Å²) in [5.41, 5.74) is -1.60. The summed E-state index contributed by atoms with van der Waals surface area (Å²) in [4.78, 5) is 80.6. The highest BCUT2D eigenvalue weighted by Gasteiger charge is 2.53.